The van der Waals surface area contributed by atoms with E-state index in [2.05, 4.69) is 21.6 Å². The van der Waals surface area contributed by atoms with Gasteiger partial charge in [-0.2, -0.15) is 4.37 Å². The quantitative estimate of drug-likeness (QED) is 0.786. The van der Waals surface area contributed by atoms with Gasteiger partial charge in [0.2, 0.25) is 5.13 Å². The summed E-state index contributed by atoms with van der Waals surface area (Å²) in [6.07, 6.45) is 1.77. The van der Waals surface area contributed by atoms with Crippen molar-refractivity contribution < 1.29 is 5.11 Å². The molecule has 0 spiro atoms. The van der Waals surface area contributed by atoms with Crippen LogP contribution in [-0.4, -0.2) is 26.6 Å². The number of nitrogens with one attached hydrogen (secondary N) is 1. The van der Waals surface area contributed by atoms with Gasteiger partial charge < -0.3 is 10.4 Å². The Kier molecular flexibility index (Phi) is 3.83. The summed E-state index contributed by atoms with van der Waals surface area (Å²) in [4.78, 5) is 4.16. The Morgan fingerprint density at radius 3 is 2.79 bits per heavy atom. The molecule has 14 heavy (non-hydrogen) atoms. The Bertz CT molecular complexity index is 285. The van der Waals surface area contributed by atoms with E-state index >= 15 is 0 Å². The Balaban J connectivity index is 2.40. The average molecular weight is 215 g/mol. The lowest BCUT2D eigenvalue weighted by molar-refractivity contribution is 0.0637. The maximum absolute atomic E-state index is 9.88. The van der Waals surface area contributed by atoms with Crippen molar-refractivity contribution in [2.24, 2.45) is 0 Å². The molecule has 0 aromatic carbocycles. The van der Waals surface area contributed by atoms with Gasteiger partial charge in [-0.25, -0.2) is 4.98 Å². The van der Waals surface area contributed by atoms with Gasteiger partial charge in [0, 0.05) is 18.1 Å². The highest BCUT2D eigenvalue weighted by Crippen LogP contribution is 2.15. The SMILES string of the molecule is CCCC(C)(O)CNc1nc(C)ns1. The molecule has 1 unspecified atom stereocenters. The highest BCUT2D eigenvalue weighted by molar-refractivity contribution is 7.09. The highest BCUT2D eigenvalue weighted by Gasteiger charge is 2.18. The zero-order valence-corrected chi connectivity index (χ0v) is 9.69. The number of hydrogen-bond acceptors (Lipinski definition) is 5. The predicted molar refractivity (Wildman–Crippen MR) is 58.7 cm³/mol. The molecule has 5 heteroatoms. The van der Waals surface area contributed by atoms with Crippen LogP contribution in [-0.2, 0) is 0 Å². The lowest BCUT2D eigenvalue weighted by atomic mass is 10.0. The summed E-state index contributed by atoms with van der Waals surface area (Å²) in [6, 6.07) is 0. The third kappa shape index (κ3) is 3.59. The van der Waals surface area contributed by atoms with Crippen molar-refractivity contribution in [2.45, 2.75) is 39.2 Å². The van der Waals surface area contributed by atoms with Crippen LogP contribution in [0, 0.1) is 6.92 Å². The Morgan fingerprint density at radius 2 is 2.29 bits per heavy atom. The van der Waals surface area contributed by atoms with E-state index in [1.54, 1.807) is 0 Å². The van der Waals surface area contributed by atoms with Crippen LogP contribution in [0.1, 0.15) is 32.5 Å². The maximum Gasteiger partial charge on any atom is 0.202 e. The molecule has 0 amide bonds. The Hall–Kier alpha value is -0.680. The van der Waals surface area contributed by atoms with Crippen LogP contribution in [0.15, 0.2) is 0 Å². The number of aromatic nitrogens is 2. The lowest BCUT2D eigenvalue weighted by Crippen LogP contribution is -2.33. The first-order chi connectivity index (χ1) is 6.53. The first kappa shape index (κ1) is 11.4. The van der Waals surface area contributed by atoms with Gasteiger partial charge in [-0.3, -0.25) is 0 Å². The predicted octanol–water partition coefficient (Wildman–Crippen LogP) is 1.81. The van der Waals surface area contributed by atoms with Gasteiger partial charge in [0.1, 0.15) is 5.82 Å². The standard InChI is InChI=1S/C9H17N3OS/c1-4-5-9(3,13)6-10-8-11-7(2)12-14-8/h13H,4-6H2,1-3H3,(H,10,11,12). The second kappa shape index (κ2) is 4.70. The lowest BCUT2D eigenvalue weighted by Gasteiger charge is -2.22. The van der Waals surface area contributed by atoms with E-state index in [4.69, 9.17) is 0 Å². The zero-order chi connectivity index (χ0) is 10.6. The van der Waals surface area contributed by atoms with Crippen molar-refractivity contribution >= 4 is 16.7 Å². The maximum atomic E-state index is 9.88. The van der Waals surface area contributed by atoms with Gasteiger partial charge in [0.05, 0.1) is 5.60 Å². The smallest absolute Gasteiger partial charge is 0.202 e. The number of hydrogen-bond donors (Lipinski definition) is 2. The normalized spacial score (nSPS) is 15.1. The van der Waals surface area contributed by atoms with Gasteiger partial charge in [0.15, 0.2) is 0 Å². The average Bonchev–Trinajstić information content (AvgIpc) is 2.48. The first-order valence-electron chi connectivity index (χ1n) is 4.80. The molecule has 0 aliphatic rings. The van der Waals surface area contributed by atoms with E-state index < -0.39 is 5.60 Å². The monoisotopic (exact) mass is 215 g/mol. The fourth-order valence-electron chi connectivity index (χ4n) is 1.26. The summed E-state index contributed by atoms with van der Waals surface area (Å²) in [5.41, 5.74) is -0.658. The van der Waals surface area contributed by atoms with Crippen molar-refractivity contribution in [3.05, 3.63) is 5.82 Å². The minimum atomic E-state index is -0.658. The topological polar surface area (TPSA) is 58.0 Å². The van der Waals surface area contributed by atoms with Crippen molar-refractivity contribution in [1.82, 2.24) is 9.36 Å². The van der Waals surface area contributed by atoms with Crippen LogP contribution < -0.4 is 5.32 Å². The number of nitrogens with zero attached hydrogens (tertiary/aromatic N) is 2. The molecule has 80 valence electrons. The van der Waals surface area contributed by atoms with E-state index in [1.807, 2.05) is 13.8 Å². The molecule has 0 aliphatic carbocycles. The third-order valence-electron chi connectivity index (χ3n) is 1.94. The molecule has 0 fully saturated rings. The van der Waals surface area contributed by atoms with E-state index in [1.165, 1.54) is 11.5 Å². The highest BCUT2D eigenvalue weighted by atomic mass is 32.1. The largest absolute Gasteiger partial charge is 0.388 e. The minimum absolute atomic E-state index is 0.523. The molecule has 0 saturated heterocycles. The summed E-state index contributed by atoms with van der Waals surface area (Å²) in [7, 11) is 0. The number of aryl methyl sites for hydroxylation is 1. The molecule has 2 N–H and O–H groups in total. The number of aliphatic hydroxyl groups is 1. The van der Waals surface area contributed by atoms with Gasteiger partial charge in [-0.15, -0.1) is 0 Å². The van der Waals surface area contributed by atoms with Crippen LogP contribution >= 0.6 is 11.5 Å². The first-order valence-corrected chi connectivity index (χ1v) is 5.57. The van der Waals surface area contributed by atoms with Crippen LogP contribution in [0.2, 0.25) is 0 Å². The van der Waals surface area contributed by atoms with Crippen molar-refractivity contribution in [1.29, 1.82) is 0 Å². The molecular formula is C9H17N3OS. The second-order valence-electron chi connectivity index (χ2n) is 3.75. The number of rotatable bonds is 5. The number of anilines is 1. The van der Waals surface area contributed by atoms with Crippen molar-refractivity contribution in [2.75, 3.05) is 11.9 Å². The van der Waals surface area contributed by atoms with Crippen molar-refractivity contribution in [3.8, 4) is 0 Å². The van der Waals surface area contributed by atoms with Crippen LogP contribution in [0.3, 0.4) is 0 Å². The molecule has 0 saturated carbocycles. The van der Waals surface area contributed by atoms with Crippen molar-refractivity contribution in [3.63, 3.8) is 0 Å². The summed E-state index contributed by atoms with van der Waals surface area (Å²) >= 11 is 1.32. The Labute approximate surface area is 88.6 Å². The summed E-state index contributed by atoms with van der Waals surface area (Å²) in [6.45, 7) is 6.27. The summed E-state index contributed by atoms with van der Waals surface area (Å²) < 4.78 is 4.05. The molecule has 4 nitrogen and oxygen atoms in total. The van der Waals surface area contributed by atoms with E-state index in [0.717, 1.165) is 23.8 Å². The van der Waals surface area contributed by atoms with E-state index in [0.29, 0.717) is 6.54 Å². The van der Waals surface area contributed by atoms with E-state index in [-0.39, 0.29) is 0 Å². The second-order valence-corrected chi connectivity index (χ2v) is 4.50. The van der Waals surface area contributed by atoms with Crippen LogP contribution in [0.25, 0.3) is 0 Å². The van der Waals surface area contributed by atoms with Crippen LogP contribution in [0.4, 0.5) is 5.13 Å². The Morgan fingerprint density at radius 1 is 1.57 bits per heavy atom. The fraction of sp³-hybridized carbons (Fsp3) is 0.778. The molecule has 1 heterocycles. The molecule has 1 aromatic heterocycles. The molecule has 1 aromatic rings. The molecule has 1 rings (SSSR count). The van der Waals surface area contributed by atoms with Gasteiger partial charge in [-0.1, -0.05) is 13.3 Å². The fourth-order valence-corrected chi connectivity index (χ4v) is 1.83. The van der Waals surface area contributed by atoms with Gasteiger partial charge in [0.25, 0.3) is 0 Å². The summed E-state index contributed by atoms with van der Waals surface area (Å²) in [5, 5.41) is 13.7. The molecule has 0 aliphatic heterocycles. The van der Waals surface area contributed by atoms with E-state index in [9.17, 15) is 5.11 Å². The van der Waals surface area contributed by atoms with Gasteiger partial charge >= 0.3 is 0 Å². The zero-order valence-electron chi connectivity index (χ0n) is 8.87. The molecule has 0 bridgehead atoms. The minimum Gasteiger partial charge on any atom is -0.388 e. The third-order valence-corrected chi connectivity index (χ3v) is 2.70. The summed E-state index contributed by atoms with van der Waals surface area (Å²) in [5.74, 6) is 0.771. The van der Waals surface area contributed by atoms with Gasteiger partial charge in [-0.05, 0) is 20.3 Å². The molecular weight excluding hydrogens is 198 g/mol. The molecule has 0 radical (unpaired) electrons. The molecule has 1 atom stereocenters. The van der Waals surface area contributed by atoms with Crippen LogP contribution in [0.5, 0.6) is 0 Å².